The molecule has 1 aliphatic rings. The van der Waals surface area contributed by atoms with Gasteiger partial charge in [0.15, 0.2) is 0 Å². The first kappa shape index (κ1) is 27.2. The Labute approximate surface area is 212 Å². The first-order valence-corrected chi connectivity index (χ1v) is 12.0. The largest absolute Gasteiger partial charge is 0.497 e. The molecule has 0 radical (unpaired) electrons. The average Bonchev–Trinajstić information content (AvgIpc) is 3.29. The van der Waals surface area contributed by atoms with Crippen molar-refractivity contribution in [2.24, 2.45) is 5.92 Å². The molecule has 1 fully saturated rings. The zero-order valence-electron chi connectivity index (χ0n) is 20.5. The number of thiophene rings is 1. The van der Waals surface area contributed by atoms with E-state index >= 15 is 0 Å². The topological polar surface area (TPSA) is 124 Å². The van der Waals surface area contributed by atoms with Gasteiger partial charge in [-0.15, -0.1) is 11.3 Å². The number of carbonyl (C=O) groups excluding carboxylic acids is 4. The lowest BCUT2D eigenvalue weighted by atomic mass is 9.90. The van der Waals surface area contributed by atoms with Gasteiger partial charge in [-0.3, -0.25) is 19.2 Å². The van der Waals surface area contributed by atoms with Gasteiger partial charge >= 0.3 is 17.9 Å². The SMILES string of the molecule is COc1ccc(C(=O)c2sccc2OC2OC(COC(C)=O)C(C)C(OC(C)=O)C2OC(C)=O)cc1. The molecule has 1 saturated heterocycles. The third kappa shape index (κ3) is 6.61. The third-order valence-corrected chi connectivity index (χ3v) is 6.39. The Bertz CT molecular complexity index is 1090. The van der Waals surface area contributed by atoms with Gasteiger partial charge in [0.25, 0.3) is 0 Å². The van der Waals surface area contributed by atoms with Crippen LogP contribution in [0.15, 0.2) is 35.7 Å². The third-order valence-electron chi connectivity index (χ3n) is 5.49. The summed E-state index contributed by atoms with van der Waals surface area (Å²) in [5, 5.41) is 1.68. The van der Waals surface area contributed by atoms with Gasteiger partial charge in [-0.2, -0.15) is 0 Å². The van der Waals surface area contributed by atoms with E-state index < -0.39 is 48.4 Å². The van der Waals surface area contributed by atoms with Crippen LogP contribution in [0.3, 0.4) is 0 Å². The van der Waals surface area contributed by atoms with Crippen LogP contribution in [0.5, 0.6) is 11.5 Å². The molecule has 0 aliphatic carbocycles. The lowest BCUT2D eigenvalue weighted by molar-refractivity contribution is -0.271. The Morgan fingerprint density at radius 3 is 2.14 bits per heavy atom. The molecular formula is C25H28O10S. The van der Waals surface area contributed by atoms with Gasteiger partial charge in [0, 0.05) is 32.3 Å². The molecule has 36 heavy (non-hydrogen) atoms. The van der Waals surface area contributed by atoms with Crippen LogP contribution >= 0.6 is 11.3 Å². The van der Waals surface area contributed by atoms with E-state index in [1.54, 1.807) is 42.6 Å². The zero-order valence-corrected chi connectivity index (χ0v) is 21.4. The lowest BCUT2D eigenvalue weighted by Gasteiger charge is -2.43. The van der Waals surface area contributed by atoms with E-state index in [9.17, 15) is 19.2 Å². The summed E-state index contributed by atoms with van der Waals surface area (Å²) in [5.74, 6) is -1.74. The van der Waals surface area contributed by atoms with Crippen LogP contribution in [0, 0.1) is 5.92 Å². The minimum Gasteiger partial charge on any atom is -0.497 e. The second-order valence-electron chi connectivity index (χ2n) is 8.14. The number of hydrogen-bond acceptors (Lipinski definition) is 11. The van der Waals surface area contributed by atoms with Crippen LogP contribution in [-0.2, 0) is 33.3 Å². The van der Waals surface area contributed by atoms with E-state index in [0.29, 0.717) is 16.2 Å². The number of ketones is 1. The molecule has 1 aromatic carbocycles. The molecule has 0 N–H and O–H groups in total. The average molecular weight is 521 g/mol. The Morgan fingerprint density at radius 2 is 1.56 bits per heavy atom. The molecule has 5 atom stereocenters. The molecule has 10 nitrogen and oxygen atoms in total. The number of rotatable bonds is 9. The number of ether oxygens (including phenoxy) is 6. The zero-order chi connectivity index (χ0) is 26.4. The molecule has 0 saturated carbocycles. The second kappa shape index (κ2) is 12.0. The summed E-state index contributed by atoms with van der Waals surface area (Å²) in [6.45, 7) is 5.28. The van der Waals surface area contributed by atoms with Crippen molar-refractivity contribution in [2.45, 2.75) is 52.3 Å². The van der Waals surface area contributed by atoms with E-state index in [0.717, 1.165) is 0 Å². The number of carbonyl (C=O) groups is 4. The van der Waals surface area contributed by atoms with Crippen molar-refractivity contribution >= 4 is 35.0 Å². The fraction of sp³-hybridized carbons (Fsp3) is 0.440. The molecule has 11 heteroatoms. The number of hydrogen-bond donors (Lipinski definition) is 0. The smallest absolute Gasteiger partial charge is 0.303 e. The van der Waals surface area contributed by atoms with Gasteiger partial charge in [0.1, 0.15) is 35.2 Å². The van der Waals surface area contributed by atoms with Gasteiger partial charge in [-0.05, 0) is 35.7 Å². The molecule has 2 aromatic rings. The van der Waals surface area contributed by atoms with Crippen LogP contribution in [0.1, 0.15) is 42.9 Å². The predicted octanol–water partition coefficient (Wildman–Crippen LogP) is 3.15. The molecule has 0 spiro atoms. The van der Waals surface area contributed by atoms with Crippen molar-refractivity contribution in [1.82, 2.24) is 0 Å². The van der Waals surface area contributed by atoms with Crippen LogP contribution < -0.4 is 9.47 Å². The summed E-state index contributed by atoms with van der Waals surface area (Å²) < 4.78 is 33.3. The van der Waals surface area contributed by atoms with Crippen LogP contribution in [-0.4, -0.2) is 62.0 Å². The Hall–Kier alpha value is -3.44. The first-order chi connectivity index (χ1) is 17.1. The fourth-order valence-corrected chi connectivity index (χ4v) is 4.54. The quantitative estimate of drug-likeness (QED) is 0.277. The highest BCUT2D eigenvalue weighted by atomic mass is 32.1. The predicted molar refractivity (Wildman–Crippen MR) is 127 cm³/mol. The minimum atomic E-state index is -1.26. The molecular weight excluding hydrogens is 492 g/mol. The Kier molecular flexibility index (Phi) is 9.05. The molecule has 1 aromatic heterocycles. The van der Waals surface area contributed by atoms with Gasteiger partial charge in [-0.25, -0.2) is 0 Å². The van der Waals surface area contributed by atoms with Crippen LogP contribution in [0.4, 0.5) is 0 Å². The maximum absolute atomic E-state index is 13.2. The monoisotopic (exact) mass is 520 g/mol. The van der Waals surface area contributed by atoms with Gasteiger partial charge < -0.3 is 28.4 Å². The van der Waals surface area contributed by atoms with Crippen molar-refractivity contribution in [3.8, 4) is 11.5 Å². The van der Waals surface area contributed by atoms with E-state index in [1.807, 2.05) is 0 Å². The summed E-state index contributed by atoms with van der Waals surface area (Å²) in [5.41, 5.74) is 0.420. The molecule has 1 aliphatic heterocycles. The molecule has 194 valence electrons. The van der Waals surface area contributed by atoms with Gasteiger partial charge in [-0.1, -0.05) is 6.92 Å². The van der Waals surface area contributed by atoms with E-state index in [2.05, 4.69) is 0 Å². The maximum Gasteiger partial charge on any atom is 0.303 e. The Balaban J connectivity index is 1.91. The minimum absolute atomic E-state index is 0.137. The first-order valence-electron chi connectivity index (χ1n) is 11.2. The van der Waals surface area contributed by atoms with Crippen molar-refractivity contribution in [1.29, 1.82) is 0 Å². The molecule has 5 unspecified atom stereocenters. The van der Waals surface area contributed by atoms with Crippen LogP contribution in [0.25, 0.3) is 0 Å². The number of esters is 3. The fourth-order valence-electron chi connectivity index (χ4n) is 3.76. The molecule has 3 rings (SSSR count). The highest BCUT2D eigenvalue weighted by molar-refractivity contribution is 7.12. The van der Waals surface area contributed by atoms with E-state index in [-0.39, 0.29) is 18.1 Å². The summed E-state index contributed by atoms with van der Waals surface area (Å²) in [6.07, 6.45) is -4.09. The Morgan fingerprint density at radius 1 is 0.917 bits per heavy atom. The van der Waals surface area contributed by atoms with Crippen molar-refractivity contribution in [2.75, 3.05) is 13.7 Å². The van der Waals surface area contributed by atoms with E-state index in [4.69, 9.17) is 28.4 Å². The van der Waals surface area contributed by atoms with Gasteiger partial charge in [0.05, 0.1) is 7.11 Å². The lowest BCUT2D eigenvalue weighted by Crippen LogP contribution is -2.59. The second-order valence-corrected chi connectivity index (χ2v) is 9.06. The molecule has 0 amide bonds. The summed E-state index contributed by atoms with van der Waals surface area (Å²) in [6, 6.07) is 8.21. The van der Waals surface area contributed by atoms with Crippen molar-refractivity contribution in [3.63, 3.8) is 0 Å². The van der Waals surface area contributed by atoms with Crippen molar-refractivity contribution < 1.29 is 47.6 Å². The summed E-state index contributed by atoms with van der Waals surface area (Å²) >= 11 is 1.17. The summed E-state index contributed by atoms with van der Waals surface area (Å²) in [7, 11) is 1.53. The maximum atomic E-state index is 13.2. The number of benzene rings is 1. The number of methoxy groups -OCH3 is 1. The highest BCUT2D eigenvalue weighted by Gasteiger charge is 2.49. The molecule has 2 heterocycles. The standard InChI is InChI=1S/C25H28O10S/c1-13-20(12-31-14(2)26)35-25(23(33-16(4)28)22(13)32-15(3)27)34-19-10-11-36-24(19)21(29)17-6-8-18(30-5)9-7-17/h6-11,13,20,22-23,25H,12H2,1-5H3. The van der Waals surface area contributed by atoms with E-state index in [1.165, 1.54) is 39.2 Å². The molecule has 0 bridgehead atoms. The van der Waals surface area contributed by atoms with Gasteiger partial charge in [0.2, 0.25) is 18.2 Å². The highest BCUT2D eigenvalue weighted by Crippen LogP contribution is 2.35. The van der Waals surface area contributed by atoms with Crippen molar-refractivity contribution in [3.05, 3.63) is 46.2 Å². The van der Waals surface area contributed by atoms with Crippen LogP contribution in [0.2, 0.25) is 0 Å². The summed E-state index contributed by atoms with van der Waals surface area (Å²) in [4.78, 5) is 48.6. The normalized spacial score (nSPS) is 23.3.